The lowest BCUT2D eigenvalue weighted by Crippen LogP contribution is -2.46. The lowest BCUT2D eigenvalue weighted by atomic mass is 10.1. The van der Waals surface area contributed by atoms with E-state index in [0.29, 0.717) is 12.2 Å². The number of aromatic nitrogens is 3. The summed E-state index contributed by atoms with van der Waals surface area (Å²) < 4.78 is 29.9. The van der Waals surface area contributed by atoms with Gasteiger partial charge in [-0.2, -0.15) is 5.10 Å². The van der Waals surface area contributed by atoms with Crippen molar-refractivity contribution in [1.82, 2.24) is 24.4 Å². The number of hydrogen-bond acceptors (Lipinski definition) is 6. The van der Waals surface area contributed by atoms with E-state index >= 15 is 0 Å². The van der Waals surface area contributed by atoms with Gasteiger partial charge in [-0.1, -0.05) is 6.92 Å². The lowest BCUT2D eigenvalue weighted by Gasteiger charge is -2.33. The van der Waals surface area contributed by atoms with E-state index in [1.807, 2.05) is 13.8 Å². The molecule has 0 aromatic carbocycles. The predicted octanol–water partition coefficient (Wildman–Crippen LogP) is 0.790. The molecule has 1 saturated heterocycles. The quantitative estimate of drug-likeness (QED) is 0.767. The van der Waals surface area contributed by atoms with Crippen LogP contribution in [0, 0.1) is 6.92 Å². The number of rotatable bonds is 6. The third-order valence-electron chi connectivity index (χ3n) is 5.00. The highest BCUT2D eigenvalue weighted by molar-refractivity contribution is 7.89. The van der Waals surface area contributed by atoms with Gasteiger partial charge in [0.2, 0.25) is 10.0 Å². The molecule has 0 unspecified atom stereocenters. The van der Waals surface area contributed by atoms with Crippen molar-refractivity contribution in [3.05, 3.63) is 18.0 Å². The summed E-state index contributed by atoms with van der Waals surface area (Å²) in [6.07, 6.45) is 3.27. The zero-order valence-corrected chi connectivity index (χ0v) is 16.3. The second-order valence-electron chi connectivity index (χ2n) is 7.01. The van der Waals surface area contributed by atoms with E-state index in [1.165, 1.54) is 6.20 Å². The van der Waals surface area contributed by atoms with E-state index in [-0.39, 0.29) is 17.0 Å². The average molecular weight is 382 g/mol. The van der Waals surface area contributed by atoms with E-state index in [1.54, 1.807) is 17.8 Å². The number of fused-ring (bicyclic) bond motifs is 1. The fourth-order valence-corrected chi connectivity index (χ4v) is 4.66. The molecule has 0 amide bonds. The second kappa shape index (κ2) is 7.59. The van der Waals surface area contributed by atoms with Gasteiger partial charge < -0.3 is 10.0 Å². The Labute approximate surface area is 154 Å². The SMILES string of the molecule is CC[C@@H](O)CN1CCC(NS(=O)(=O)c2cnc3c(c2)c(C)nn3C)CC1. The molecule has 0 saturated carbocycles. The number of sulfonamides is 1. The molecule has 3 rings (SSSR count). The van der Waals surface area contributed by atoms with Gasteiger partial charge in [0.25, 0.3) is 0 Å². The van der Waals surface area contributed by atoms with Crippen LogP contribution in [0.2, 0.25) is 0 Å². The van der Waals surface area contributed by atoms with Gasteiger partial charge >= 0.3 is 0 Å². The van der Waals surface area contributed by atoms with Crippen LogP contribution in [0.4, 0.5) is 0 Å². The molecule has 26 heavy (non-hydrogen) atoms. The van der Waals surface area contributed by atoms with Gasteiger partial charge in [0, 0.05) is 31.2 Å². The first-order valence-electron chi connectivity index (χ1n) is 9.02. The molecule has 0 bridgehead atoms. The van der Waals surface area contributed by atoms with Crippen LogP contribution < -0.4 is 4.72 Å². The zero-order valence-electron chi connectivity index (χ0n) is 15.5. The molecule has 1 aliphatic heterocycles. The van der Waals surface area contributed by atoms with Crippen molar-refractivity contribution in [2.75, 3.05) is 19.6 Å². The van der Waals surface area contributed by atoms with Crippen molar-refractivity contribution in [2.24, 2.45) is 7.05 Å². The highest BCUT2D eigenvalue weighted by atomic mass is 32.2. The molecule has 144 valence electrons. The Bertz CT molecular complexity index is 872. The number of pyridine rings is 1. The third-order valence-corrected chi connectivity index (χ3v) is 6.49. The van der Waals surface area contributed by atoms with Gasteiger partial charge in [0.15, 0.2) is 5.65 Å². The topological polar surface area (TPSA) is 100 Å². The number of hydrogen-bond donors (Lipinski definition) is 2. The summed E-state index contributed by atoms with van der Waals surface area (Å²) in [5.41, 5.74) is 1.43. The van der Waals surface area contributed by atoms with Crippen LogP contribution in [0.25, 0.3) is 11.0 Å². The van der Waals surface area contributed by atoms with E-state index in [9.17, 15) is 13.5 Å². The van der Waals surface area contributed by atoms with Crippen LogP contribution in [-0.4, -0.2) is 65.0 Å². The van der Waals surface area contributed by atoms with E-state index in [2.05, 4.69) is 19.7 Å². The molecule has 8 nitrogen and oxygen atoms in total. The second-order valence-corrected chi connectivity index (χ2v) is 8.72. The summed E-state index contributed by atoms with van der Waals surface area (Å²) in [6.45, 7) is 6.01. The Kier molecular flexibility index (Phi) is 5.61. The number of aryl methyl sites for hydroxylation is 2. The number of β-amino-alcohol motifs (C(OH)–C–C–N with tert-alkyl or cyclic N) is 1. The Hall–Kier alpha value is -1.55. The normalized spacial score (nSPS) is 18.5. The molecule has 2 N–H and O–H groups in total. The zero-order chi connectivity index (χ0) is 18.9. The van der Waals surface area contributed by atoms with Crippen LogP contribution in [-0.2, 0) is 17.1 Å². The molecule has 2 aromatic heterocycles. The summed E-state index contributed by atoms with van der Waals surface area (Å²) in [4.78, 5) is 6.62. The van der Waals surface area contributed by atoms with Crippen molar-refractivity contribution in [1.29, 1.82) is 0 Å². The largest absolute Gasteiger partial charge is 0.392 e. The summed E-state index contributed by atoms with van der Waals surface area (Å²) in [7, 11) is -1.83. The number of nitrogens with zero attached hydrogens (tertiary/aromatic N) is 4. The molecule has 1 fully saturated rings. The van der Waals surface area contributed by atoms with Gasteiger partial charge in [-0.05, 0) is 45.3 Å². The molecule has 9 heteroatoms. The Morgan fingerprint density at radius 3 is 2.73 bits per heavy atom. The number of aliphatic hydroxyl groups is 1. The van der Waals surface area contributed by atoms with E-state index < -0.39 is 10.0 Å². The first kappa shape index (κ1) is 19.2. The van der Waals surface area contributed by atoms with E-state index in [0.717, 1.165) is 43.4 Å². The standard InChI is InChI=1S/C17H27N5O3S/c1-4-14(23)11-22-7-5-13(6-8-22)20-26(24,25)15-9-16-12(2)19-21(3)17(16)18-10-15/h9-10,13-14,20,23H,4-8,11H2,1-3H3/t14-/m1/s1. The predicted molar refractivity (Wildman–Crippen MR) is 99.3 cm³/mol. The van der Waals surface area contributed by atoms with Crippen LogP contribution in [0.15, 0.2) is 17.2 Å². The molecule has 3 heterocycles. The minimum absolute atomic E-state index is 0.0966. The molecule has 0 spiro atoms. The fraction of sp³-hybridized carbons (Fsp3) is 0.647. The monoisotopic (exact) mass is 381 g/mol. The minimum Gasteiger partial charge on any atom is -0.392 e. The summed E-state index contributed by atoms with van der Waals surface area (Å²) in [5, 5.41) is 14.8. The summed E-state index contributed by atoms with van der Waals surface area (Å²) in [5.74, 6) is 0. The number of aliphatic hydroxyl groups excluding tert-OH is 1. The Morgan fingerprint density at radius 1 is 1.38 bits per heavy atom. The van der Waals surface area contributed by atoms with Crippen molar-refractivity contribution in [2.45, 2.75) is 50.2 Å². The highest BCUT2D eigenvalue weighted by Crippen LogP contribution is 2.20. The van der Waals surface area contributed by atoms with Gasteiger partial charge in [-0.15, -0.1) is 0 Å². The molecule has 1 aliphatic rings. The Morgan fingerprint density at radius 2 is 2.08 bits per heavy atom. The van der Waals surface area contributed by atoms with Gasteiger partial charge in [-0.3, -0.25) is 4.68 Å². The number of likely N-dealkylation sites (tertiary alicyclic amines) is 1. The molecular formula is C17H27N5O3S. The Balaban J connectivity index is 1.67. The highest BCUT2D eigenvalue weighted by Gasteiger charge is 2.26. The lowest BCUT2D eigenvalue weighted by molar-refractivity contribution is 0.0935. The van der Waals surface area contributed by atoms with Crippen LogP contribution >= 0.6 is 0 Å². The fourth-order valence-electron chi connectivity index (χ4n) is 3.38. The van der Waals surface area contributed by atoms with Crippen molar-refractivity contribution in [3.63, 3.8) is 0 Å². The maximum Gasteiger partial charge on any atom is 0.242 e. The minimum atomic E-state index is -3.62. The van der Waals surface area contributed by atoms with Gasteiger partial charge in [-0.25, -0.2) is 18.1 Å². The van der Waals surface area contributed by atoms with Crippen molar-refractivity contribution < 1.29 is 13.5 Å². The first-order valence-corrected chi connectivity index (χ1v) is 10.5. The molecule has 0 radical (unpaired) electrons. The van der Waals surface area contributed by atoms with Gasteiger partial charge in [0.05, 0.1) is 11.8 Å². The molecule has 2 aromatic rings. The van der Waals surface area contributed by atoms with Crippen LogP contribution in [0.5, 0.6) is 0 Å². The van der Waals surface area contributed by atoms with Crippen LogP contribution in [0.3, 0.4) is 0 Å². The first-order chi connectivity index (χ1) is 12.3. The van der Waals surface area contributed by atoms with Crippen LogP contribution in [0.1, 0.15) is 31.9 Å². The third kappa shape index (κ3) is 4.06. The maximum absolute atomic E-state index is 12.7. The molecule has 1 atom stereocenters. The summed E-state index contributed by atoms with van der Waals surface area (Å²) >= 11 is 0. The van der Waals surface area contributed by atoms with Gasteiger partial charge in [0.1, 0.15) is 4.90 Å². The average Bonchev–Trinajstić information content (AvgIpc) is 2.90. The smallest absolute Gasteiger partial charge is 0.242 e. The van der Waals surface area contributed by atoms with Crippen molar-refractivity contribution >= 4 is 21.1 Å². The number of piperidine rings is 1. The maximum atomic E-state index is 12.7. The summed E-state index contributed by atoms with van der Waals surface area (Å²) in [6, 6.07) is 1.54. The molecular weight excluding hydrogens is 354 g/mol. The molecule has 0 aliphatic carbocycles. The van der Waals surface area contributed by atoms with E-state index in [4.69, 9.17) is 0 Å². The number of nitrogens with one attached hydrogen (secondary N) is 1. The van der Waals surface area contributed by atoms with Crippen molar-refractivity contribution in [3.8, 4) is 0 Å².